The smallest absolute Gasteiger partial charge is 0.249 e. The highest BCUT2D eigenvalue weighted by Gasteiger charge is 2.41. The summed E-state index contributed by atoms with van der Waals surface area (Å²) in [5.74, 6) is -0.0254. The molecule has 1 aromatic rings. The molecule has 1 saturated heterocycles. The van der Waals surface area contributed by atoms with E-state index >= 15 is 0 Å². The first kappa shape index (κ1) is 17.9. The van der Waals surface area contributed by atoms with Gasteiger partial charge in [-0.1, -0.05) is 5.16 Å². The highest BCUT2D eigenvalue weighted by Crippen LogP contribution is 2.29. The molecule has 0 spiro atoms. The summed E-state index contributed by atoms with van der Waals surface area (Å²) in [6.07, 6.45) is 1.85. The summed E-state index contributed by atoms with van der Waals surface area (Å²) >= 11 is 0. The minimum atomic E-state index is -3.79. The molecule has 0 aliphatic carbocycles. The van der Waals surface area contributed by atoms with Crippen LogP contribution in [0.15, 0.2) is 9.42 Å². The Morgan fingerprint density at radius 2 is 2.22 bits per heavy atom. The van der Waals surface area contributed by atoms with Crippen molar-refractivity contribution in [1.82, 2.24) is 14.8 Å². The lowest BCUT2D eigenvalue weighted by Gasteiger charge is -2.23. The second kappa shape index (κ2) is 7.41. The molecule has 0 aromatic carbocycles. The number of hydrogen-bond acceptors (Lipinski definition) is 6. The number of amides is 1. The summed E-state index contributed by atoms with van der Waals surface area (Å²) in [6.45, 7) is 4.47. The Morgan fingerprint density at radius 3 is 2.83 bits per heavy atom. The Kier molecular flexibility index (Phi) is 5.77. The fourth-order valence-electron chi connectivity index (χ4n) is 2.80. The summed E-state index contributed by atoms with van der Waals surface area (Å²) < 4.78 is 36.8. The Labute approximate surface area is 136 Å². The van der Waals surface area contributed by atoms with Crippen LogP contribution in [-0.4, -0.2) is 56.6 Å². The van der Waals surface area contributed by atoms with Crippen LogP contribution in [0.25, 0.3) is 0 Å². The van der Waals surface area contributed by atoms with E-state index in [0.717, 1.165) is 0 Å². The number of carbonyl (C=O) groups excluding carboxylic acids is 1. The van der Waals surface area contributed by atoms with Crippen LogP contribution in [-0.2, 0) is 19.6 Å². The first-order chi connectivity index (χ1) is 10.9. The van der Waals surface area contributed by atoms with Crippen LogP contribution in [0.2, 0.25) is 0 Å². The lowest BCUT2D eigenvalue weighted by atomic mass is 10.2. The van der Waals surface area contributed by atoms with Crippen LogP contribution in [0.4, 0.5) is 0 Å². The first-order valence-electron chi connectivity index (χ1n) is 7.61. The van der Waals surface area contributed by atoms with Gasteiger partial charge in [0.15, 0.2) is 5.76 Å². The van der Waals surface area contributed by atoms with Crippen LogP contribution >= 0.6 is 0 Å². The molecule has 1 N–H and O–H groups in total. The fraction of sp³-hybridized carbons (Fsp3) is 0.714. The van der Waals surface area contributed by atoms with Gasteiger partial charge in [-0.15, -0.1) is 0 Å². The zero-order valence-electron chi connectivity index (χ0n) is 13.7. The molecule has 1 aromatic heterocycles. The predicted octanol–water partition coefficient (Wildman–Crippen LogP) is 0.597. The van der Waals surface area contributed by atoms with Gasteiger partial charge < -0.3 is 14.6 Å². The van der Waals surface area contributed by atoms with E-state index < -0.39 is 16.1 Å². The summed E-state index contributed by atoms with van der Waals surface area (Å²) in [5, 5.41) is 6.47. The average Bonchev–Trinajstić information content (AvgIpc) is 3.11. The van der Waals surface area contributed by atoms with E-state index in [2.05, 4.69) is 10.5 Å². The van der Waals surface area contributed by atoms with Crippen molar-refractivity contribution in [2.45, 2.75) is 44.0 Å². The van der Waals surface area contributed by atoms with Gasteiger partial charge in [-0.2, -0.15) is 4.31 Å². The zero-order chi connectivity index (χ0) is 17.0. The molecule has 2 rings (SSSR count). The van der Waals surface area contributed by atoms with Crippen LogP contribution in [0, 0.1) is 13.8 Å². The normalized spacial score (nSPS) is 19.2. The summed E-state index contributed by atoms with van der Waals surface area (Å²) in [5.41, 5.74) is 0.314. The second-order valence-electron chi connectivity index (χ2n) is 5.56. The summed E-state index contributed by atoms with van der Waals surface area (Å²) in [7, 11) is -2.20. The monoisotopic (exact) mass is 345 g/mol. The van der Waals surface area contributed by atoms with Crippen LogP contribution in [0.5, 0.6) is 0 Å². The molecule has 23 heavy (non-hydrogen) atoms. The van der Waals surface area contributed by atoms with Gasteiger partial charge in [0.05, 0.1) is 0 Å². The number of aryl methyl sites for hydroxylation is 2. The molecule has 0 radical (unpaired) electrons. The van der Waals surface area contributed by atoms with E-state index in [1.54, 1.807) is 21.0 Å². The lowest BCUT2D eigenvalue weighted by molar-refractivity contribution is -0.124. The van der Waals surface area contributed by atoms with Crippen molar-refractivity contribution in [3.05, 3.63) is 11.5 Å². The maximum atomic E-state index is 12.9. The molecule has 0 saturated carbocycles. The van der Waals surface area contributed by atoms with Crippen molar-refractivity contribution in [3.63, 3.8) is 0 Å². The molecule has 130 valence electrons. The molecular formula is C14H23N3O5S. The molecule has 9 heteroatoms. The van der Waals surface area contributed by atoms with Gasteiger partial charge >= 0.3 is 0 Å². The Hall–Kier alpha value is -1.45. The molecule has 8 nitrogen and oxygen atoms in total. The fourth-order valence-corrected chi connectivity index (χ4v) is 4.75. The van der Waals surface area contributed by atoms with Gasteiger partial charge in [-0.3, -0.25) is 4.79 Å². The molecule has 1 fully saturated rings. The molecule has 2 heterocycles. The van der Waals surface area contributed by atoms with Gasteiger partial charge in [-0.25, -0.2) is 8.42 Å². The standard InChI is InChI=1S/C14H23N3O5S/c1-10-13(11(2)22-16-10)23(19,20)17-8-4-6-12(17)14(18)15-7-5-9-21-3/h12H,4-9H2,1-3H3,(H,15,18)/t12-/m0/s1. The highest BCUT2D eigenvalue weighted by molar-refractivity contribution is 7.89. The SMILES string of the molecule is COCCCNC(=O)[C@@H]1CCCN1S(=O)(=O)c1c(C)noc1C. The largest absolute Gasteiger partial charge is 0.385 e. The number of nitrogens with one attached hydrogen (secondary N) is 1. The topological polar surface area (TPSA) is 102 Å². The van der Waals surface area contributed by atoms with E-state index in [-0.39, 0.29) is 16.6 Å². The third-order valence-electron chi connectivity index (χ3n) is 3.87. The Balaban J connectivity index is 2.13. The van der Waals surface area contributed by atoms with E-state index in [9.17, 15) is 13.2 Å². The minimum absolute atomic E-state index is 0.0663. The van der Waals surface area contributed by atoms with E-state index in [0.29, 0.717) is 44.7 Å². The lowest BCUT2D eigenvalue weighted by Crippen LogP contribution is -2.46. The number of sulfonamides is 1. The number of rotatable bonds is 7. The quantitative estimate of drug-likeness (QED) is 0.726. The molecule has 0 unspecified atom stereocenters. The van der Waals surface area contributed by atoms with Crippen molar-refractivity contribution in [2.24, 2.45) is 0 Å². The number of carbonyl (C=O) groups is 1. The second-order valence-corrected chi connectivity index (χ2v) is 7.39. The van der Waals surface area contributed by atoms with Crippen molar-refractivity contribution in [1.29, 1.82) is 0 Å². The molecule has 1 amide bonds. The maximum absolute atomic E-state index is 12.9. The Bertz CT molecular complexity index is 636. The molecule has 1 atom stereocenters. The van der Waals surface area contributed by atoms with Crippen molar-refractivity contribution in [2.75, 3.05) is 26.8 Å². The Morgan fingerprint density at radius 1 is 1.48 bits per heavy atom. The molecule has 0 bridgehead atoms. The number of hydrogen-bond donors (Lipinski definition) is 1. The third kappa shape index (κ3) is 3.73. The van der Waals surface area contributed by atoms with Crippen LogP contribution < -0.4 is 5.32 Å². The van der Waals surface area contributed by atoms with Crippen molar-refractivity contribution >= 4 is 15.9 Å². The zero-order valence-corrected chi connectivity index (χ0v) is 14.5. The van der Waals surface area contributed by atoms with Gasteiger partial charge in [0.2, 0.25) is 15.9 Å². The molecule has 1 aliphatic heterocycles. The van der Waals surface area contributed by atoms with E-state index in [1.165, 1.54) is 4.31 Å². The van der Waals surface area contributed by atoms with Crippen LogP contribution in [0.1, 0.15) is 30.7 Å². The summed E-state index contributed by atoms with van der Waals surface area (Å²) in [4.78, 5) is 12.4. The van der Waals surface area contributed by atoms with E-state index in [1.807, 2.05) is 0 Å². The third-order valence-corrected chi connectivity index (χ3v) is 6.02. The number of aromatic nitrogens is 1. The van der Waals surface area contributed by atoms with Crippen molar-refractivity contribution < 1.29 is 22.5 Å². The van der Waals surface area contributed by atoms with Crippen molar-refractivity contribution in [3.8, 4) is 0 Å². The average molecular weight is 345 g/mol. The molecule has 1 aliphatic rings. The summed E-state index contributed by atoms with van der Waals surface area (Å²) in [6, 6.07) is -0.684. The molecular weight excluding hydrogens is 322 g/mol. The van der Waals surface area contributed by atoms with E-state index in [4.69, 9.17) is 9.26 Å². The van der Waals surface area contributed by atoms with Gasteiger partial charge in [0, 0.05) is 26.8 Å². The first-order valence-corrected chi connectivity index (χ1v) is 9.05. The van der Waals surface area contributed by atoms with Gasteiger partial charge in [-0.05, 0) is 33.1 Å². The number of methoxy groups -OCH3 is 1. The number of nitrogens with zero attached hydrogens (tertiary/aromatic N) is 2. The highest BCUT2D eigenvalue weighted by atomic mass is 32.2. The van der Waals surface area contributed by atoms with Gasteiger partial charge in [0.1, 0.15) is 16.6 Å². The van der Waals surface area contributed by atoms with Gasteiger partial charge in [0.25, 0.3) is 0 Å². The minimum Gasteiger partial charge on any atom is -0.385 e. The van der Waals surface area contributed by atoms with Crippen LogP contribution in [0.3, 0.4) is 0 Å². The number of ether oxygens (including phenoxy) is 1. The predicted molar refractivity (Wildman–Crippen MR) is 82.4 cm³/mol. The maximum Gasteiger partial charge on any atom is 0.249 e.